The molecular formula is C20H22FNO4. The lowest BCUT2D eigenvalue weighted by atomic mass is 9.78. The fraction of sp³-hybridized carbons (Fsp3) is 0.500. The Bertz CT molecular complexity index is 773. The lowest BCUT2D eigenvalue weighted by Crippen LogP contribution is -2.53. The van der Waals surface area contributed by atoms with Gasteiger partial charge >= 0.3 is 5.97 Å². The van der Waals surface area contributed by atoms with Crippen LogP contribution in [0.1, 0.15) is 31.7 Å². The van der Waals surface area contributed by atoms with Gasteiger partial charge in [0.15, 0.2) is 5.57 Å². The number of hydrogen-bond acceptors (Lipinski definition) is 4. The molecule has 26 heavy (non-hydrogen) atoms. The van der Waals surface area contributed by atoms with Crippen LogP contribution in [0.5, 0.6) is 0 Å². The highest BCUT2D eigenvalue weighted by atomic mass is 19.1. The Hall–Kier alpha value is -2.37. The fourth-order valence-corrected chi connectivity index (χ4v) is 5.01. The number of rotatable bonds is 4. The maximum atomic E-state index is 13.2. The van der Waals surface area contributed by atoms with Crippen LogP contribution in [0.25, 0.3) is 0 Å². The van der Waals surface area contributed by atoms with Crippen molar-refractivity contribution < 1.29 is 23.8 Å². The van der Waals surface area contributed by atoms with Gasteiger partial charge in [-0.25, -0.2) is 9.18 Å². The van der Waals surface area contributed by atoms with Gasteiger partial charge in [-0.2, -0.15) is 0 Å². The van der Waals surface area contributed by atoms with Crippen molar-refractivity contribution in [3.8, 4) is 0 Å². The van der Waals surface area contributed by atoms with Crippen LogP contribution in [0.15, 0.2) is 35.6 Å². The number of benzene rings is 1. The smallest absolute Gasteiger partial charge is 0.347 e. The van der Waals surface area contributed by atoms with Crippen molar-refractivity contribution in [3.05, 3.63) is 47.0 Å². The van der Waals surface area contributed by atoms with Crippen LogP contribution in [0.4, 0.5) is 4.39 Å². The van der Waals surface area contributed by atoms with Gasteiger partial charge in [-0.3, -0.25) is 4.79 Å². The standard InChI is InChI=1S/C20H22FNO4/c1-2-26-20(25)16-18(23)15-12-5-6-13(9-12)17(15)22(19(16)24)10-11-3-7-14(21)8-4-11/h3-4,7-8,12-13,15,17,23H,2,5-6,9-10H2,1H3/t12-,13+,15+,17-/m0/s1. The second kappa shape index (κ2) is 6.41. The van der Waals surface area contributed by atoms with Crippen LogP contribution >= 0.6 is 0 Å². The predicted molar refractivity (Wildman–Crippen MR) is 91.3 cm³/mol. The number of ether oxygens (including phenoxy) is 1. The van der Waals surface area contributed by atoms with Gasteiger partial charge in [0.2, 0.25) is 0 Å². The van der Waals surface area contributed by atoms with E-state index in [2.05, 4.69) is 0 Å². The van der Waals surface area contributed by atoms with Gasteiger partial charge in [0, 0.05) is 18.5 Å². The largest absolute Gasteiger partial charge is 0.511 e. The average Bonchev–Trinajstić information content (AvgIpc) is 3.22. The Morgan fingerprint density at radius 1 is 1.27 bits per heavy atom. The second-order valence-corrected chi connectivity index (χ2v) is 7.39. The first-order valence-corrected chi connectivity index (χ1v) is 9.17. The molecule has 0 aromatic heterocycles. The van der Waals surface area contributed by atoms with Gasteiger partial charge in [-0.1, -0.05) is 12.1 Å². The molecule has 1 N–H and O–H groups in total. The number of amides is 1. The maximum absolute atomic E-state index is 13.2. The molecule has 6 heteroatoms. The van der Waals surface area contributed by atoms with E-state index in [0.717, 1.165) is 24.8 Å². The number of carbonyl (C=O) groups excluding carboxylic acids is 2. The van der Waals surface area contributed by atoms with E-state index in [-0.39, 0.29) is 35.7 Å². The zero-order valence-corrected chi connectivity index (χ0v) is 14.7. The van der Waals surface area contributed by atoms with Gasteiger partial charge in [0.05, 0.1) is 6.61 Å². The van der Waals surface area contributed by atoms with Gasteiger partial charge in [0.1, 0.15) is 11.6 Å². The fourth-order valence-electron chi connectivity index (χ4n) is 5.01. The van der Waals surface area contributed by atoms with E-state index in [9.17, 15) is 19.1 Å². The normalized spacial score (nSPS) is 29.9. The molecule has 0 spiro atoms. The molecule has 0 saturated heterocycles. The highest BCUT2D eigenvalue weighted by Gasteiger charge is 2.57. The van der Waals surface area contributed by atoms with E-state index in [0.29, 0.717) is 18.4 Å². The third-order valence-electron chi connectivity index (χ3n) is 6.02. The van der Waals surface area contributed by atoms with Gasteiger partial charge in [0.25, 0.3) is 5.91 Å². The zero-order chi connectivity index (χ0) is 18.4. The molecule has 0 unspecified atom stereocenters. The van der Waals surface area contributed by atoms with Crippen molar-refractivity contribution in [2.24, 2.45) is 17.8 Å². The van der Waals surface area contributed by atoms with E-state index in [1.807, 2.05) is 0 Å². The van der Waals surface area contributed by atoms with Crippen LogP contribution in [-0.2, 0) is 20.9 Å². The van der Waals surface area contributed by atoms with Gasteiger partial charge in [-0.15, -0.1) is 0 Å². The Labute approximate surface area is 151 Å². The summed E-state index contributed by atoms with van der Waals surface area (Å²) in [6.45, 7) is 2.10. The van der Waals surface area contributed by atoms with Crippen molar-refractivity contribution >= 4 is 11.9 Å². The third kappa shape index (κ3) is 2.59. The topological polar surface area (TPSA) is 66.8 Å². The van der Waals surface area contributed by atoms with Crippen molar-refractivity contribution in [2.75, 3.05) is 6.61 Å². The molecule has 1 aliphatic heterocycles. The SMILES string of the molecule is CCOC(=O)C1=C(O)[C@@H]2[C@H]3CC[C@H](C3)[C@@H]2N(Cc2ccc(F)cc2)C1=O. The van der Waals surface area contributed by atoms with Crippen molar-refractivity contribution in [1.29, 1.82) is 0 Å². The number of fused-ring (bicyclic) bond motifs is 5. The number of halogens is 1. The Kier molecular flexibility index (Phi) is 4.21. The van der Waals surface area contributed by atoms with Crippen LogP contribution in [0, 0.1) is 23.6 Å². The van der Waals surface area contributed by atoms with Crippen molar-refractivity contribution in [2.45, 2.75) is 38.8 Å². The van der Waals surface area contributed by atoms with Crippen molar-refractivity contribution in [1.82, 2.24) is 4.90 Å². The predicted octanol–water partition coefficient (Wildman–Crippen LogP) is 2.96. The summed E-state index contributed by atoms with van der Waals surface area (Å²) in [7, 11) is 0. The first-order valence-electron chi connectivity index (χ1n) is 9.17. The molecule has 2 saturated carbocycles. The summed E-state index contributed by atoms with van der Waals surface area (Å²) in [4.78, 5) is 27.1. The molecule has 1 aromatic carbocycles. The minimum absolute atomic E-state index is 0.0963. The third-order valence-corrected chi connectivity index (χ3v) is 6.02. The van der Waals surface area contributed by atoms with Gasteiger partial charge in [-0.05, 0) is 55.7 Å². The molecule has 4 rings (SSSR count). The molecule has 2 fully saturated rings. The molecule has 138 valence electrons. The lowest BCUT2D eigenvalue weighted by molar-refractivity contribution is -0.146. The summed E-state index contributed by atoms with van der Waals surface area (Å²) >= 11 is 0. The van der Waals surface area contributed by atoms with Crippen LogP contribution in [0.3, 0.4) is 0 Å². The summed E-state index contributed by atoms with van der Waals surface area (Å²) in [5.41, 5.74) is 0.564. The minimum Gasteiger partial charge on any atom is -0.511 e. The number of nitrogens with zero attached hydrogens (tertiary/aromatic N) is 1. The number of hydrogen-bond donors (Lipinski definition) is 1. The highest BCUT2D eigenvalue weighted by Crippen LogP contribution is 2.55. The van der Waals surface area contributed by atoms with Gasteiger partial charge < -0.3 is 14.7 Å². The maximum Gasteiger partial charge on any atom is 0.347 e. The van der Waals surface area contributed by atoms with E-state index < -0.39 is 11.9 Å². The quantitative estimate of drug-likeness (QED) is 0.663. The Morgan fingerprint density at radius 2 is 1.96 bits per heavy atom. The number of esters is 1. The summed E-state index contributed by atoms with van der Waals surface area (Å²) in [5, 5.41) is 10.7. The minimum atomic E-state index is -0.764. The molecule has 2 aliphatic carbocycles. The number of carbonyl (C=O) groups is 2. The van der Waals surface area contributed by atoms with Crippen LogP contribution in [-0.4, -0.2) is 34.5 Å². The van der Waals surface area contributed by atoms with E-state index in [1.165, 1.54) is 12.1 Å². The lowest BCUT2D eigenvalue weighted by Gasteiger charge is -2.43. The second-order valence-electron chi connectivity index (χ2n) is 7.39. The summed E-state index contributed by atoms with van der Waals surface area (Å²) in [5.74, 6) is -1.26. The van der Waals surface area contributed by atoms with E-state index in [1.54, 1.807) is 24.0 Å². The highest BCUT2D eigenvalue weighted by molar-refractivity contribution is 6.17. The average molecular weight is 359 g/mol. The number of aliphatic hydroxyl groups excluding tert-OH is 1. The molecule has 2 bridgehead atoms. The number of aliphatic hydroxyl groups is 1. The van der Waals surface area contributed by atoms with E-state index >= 15 is 0 Å². The summed E-state index contributed by atoms with van der Waals surface area (Å²) in [6, 6.07) is 5.91. The first kappa shape index (κ1) is 17.1. The molecule has 5 nitrogen and oxygen atoms in total. The van der Waals surface area contributed by atoms with Crippen LogP contribution in [0.2, 0.25) is 0 Å². The molecule has 1 heterocycles. The summed E-state index contributed by atoms with van der Waals surface area (Å²) in [6.07, 6.45) is 2.99. The van der Waals surface area contributed by atoms with Crippen molar-refractivity contribution in [3.63, 3.8) is 0 Å². The Balaban J connectivity index is 1.72. The molecule has 1 amide bonds. The summed E-state index contributed by atoms with van der Waals surface area (Å²) < 4.78 is 18.2. The van der Waals surface area contributed by atoms with Crippen LogP contribution < -0.4 is 0 Å². The molecule has 3 aliphatic rings. The molecular weight excluding hydrogens is 337 g/mol. The zero-order valence-electron chi connectivity index (χ0n) is 14.7. The first-order chi connectivity index (χ1) is 12.5. The Morgan fingerprint density at radius 3 is 2.65 bits per heavy atom. The molecule has 4 atom stereocenters. The molecule has 1 aromatic rings. The monoisotopic (exact) mass is 359 g/mol. The van der Waals surface area contributed by atoms with E-state index in [4.69, 9.17) is 4.74 Å². The molecule has 0 radical (unpaired) electrons.